The number of methoxy groups -OCH3 is 1. The van der Waals surface area contributed by atoms with Gasteiger partial charge in [-0.05, 0) is 81.2 Å². The molecule has 0 radical (unpaired) electrons. The number of ketones is 2. The molecule has 8 rings (SSSR count). The Morgan fingerprint density at radius 3 is 2.52 bits per heavy atom. The van der Waals surface area contributed by atoms with Crippen LogP contribution < -0.4 is 19.5 Å². The van der Waals surface area contributed by atoms with Crippen LogP contribution in [0.3, 0.4) is 0 Å². The Bertz CT molecular complexity index is 1940. The van der Waals surface area contributed by atoms with Crippen molar-refractivity contribution >= 4 is 45.2 Å². The quantitative estimate of drug-likeness (QED) is 0.259. The van der Waals surface area contributed by atoms with Gasteiger partial charge in [0.25, 0.3) is 0 Å². The summed E-state index contributed by atoms with van der Waals surface area (Å²) in [5.41, 5.74) is 2.43. The fraction of sp³-hybridized carbons (Fsp3) is 0.171. The molecular weight excluding hydrogens is 624 g/mol. The van der Waals surface area contributed by atoms with Gasteiger partial charge in [-0.1, -0.05) is 42.5 Å². The molecule has 0 aliphatic carbocycles. The van der Waals surface area contributed by atoms with E-state index in [1.807, 2.05) is 65.7 Å². The summed E-state index contributed by atoms with van der Waals surface area (Å²) in [7, 11) is 1.55. The second kappa shape index (κ2) is 9.82. The molecule has 4 atom stereocenters. The summed E-state index contributed by atoms with van der Waals surface area (Å²) in [6.07, 6.45) is 3.80. The van der Waals surface area contributed by atoms with E-state index in [4.69, 9.17) is 14.2 Å². The summed E-state index contributed by atoms with van der Waals surface area (Å²) < 4.78 is 17.1. The first kappa shape index (κ1) is 26.7. The number of rotatable bonds is 5. The van der Waals surface area contributed by atoms with Crippen molar-refractivity contribution in [2.24, 2.45) is 5.92 Å². The topological polar surface area (TPSA) is 94.2 Å². The molecule has 44 heavy (non-hydrogen) atoms. The van der Waals surface area contributed by atoms with Gasteiger partial charge in [0.05, 0.1) is 23.5 Å². The number of anilines is 1. The lowest BCUT2D eigenvalue weighted by molar-refractivity contribution is -0.122. The van der Waals surface area contributed by atoms with Crippen LogP contribution in [0.1, 0.15) is 43.4 Å². The van der Waals surface area contributed by atoms with Crippen molar-refractivity contribution in [2.45, 2.75) is 17.5 Å². The number of hydrogen-bond donors (Lipinski definition) is 1. The van der Waals surface area contributed by atoms with Gasteiger partial charge in [-0.15, -0.1) is 0 Å². The van der Waals surface area contributed by atoms with Gasteiger partial charge >= 0.3 is 0 Å². The number of halogens is 1. The van der Waals surface area contributed by atoms with Crippen LogP contribution in [-0.2, 0) is 10.2 Å². The van der Waals surface area contributed by atoms with Crippen molar-refractivity contribution in [1.82, 2.24) is 4.90 Å². The molecule has 0 unspecified atom stereocenters. The molecule has 1 fully saturated rings. The molecule has 9 heteroatoms. The van der Waals surface area contributed by atoms with Gasteiger partial charge in [0, 0.05) is 23.0 Å². The van der Waals surface area contributed by atoms with E-state index >= 15 is 4.79 Å². The largest absolute Gasteiger partial charge is 0.496 e. The number of hydrogen-bond acceptors (Lipinski definition) is 7. The Labute approximate surface area is 261 Å². The molecule has 8 nitrogen and oxygen atoms in total. The highest BCUT2D eigenvalue weighted by Gasteiger charge is 2.70. The first-order valence-corrected chi connectivity index (χ1v) is 15.0. The lowest BCUT2D eigenvalue weighted by Gasteiger charge is -2.38. The maximum atomic E-state index is 15.0. The third kappa shape index (κ3) is 3.59. The van der Waals surface area contributed by atoms with E-state index in [1.165, 1.54) is 0 Å². The molecule has 218 valence electrons. The minimum atomic E-state index is -1.42. The minimum absolute atomic E-state index is 0.0566. The lowest BCUT2D eigenvalue weighted by Crippen LogP contribution is -2.49. The highest BCUT2D eigenvalue weighted by atomic mass is 79.9. The second-order valence-corrected chi connectivity index (χ2v) is 12.1. The van der Waals surface area contributed by atoms with Gasteiger partial charge in [0.2, 0.25) is 12.7 Å². The number of ether oxygens (including phenoxy) is 3. The van der Waals surface area contributed by atoms with Crippen molar-refractivity contribution in [2.75, 3.05) is 19.2 Å². The lowest BCUT2D eigenvalue weighted by atomic mass is 9.62. The number of amides is 1. The molecule has 1 amide bonds. The fourth-order valence-electron chi connectivity index (χ4n) is 7.39. The third-order valence-electron chi connectivity index (χ3n) is 9.21. The Morgan fingerprint density at radius 2 is 1.68 bits per heavy atom. The van der Waals surface area contributed by atoms with Gasteiger partial charge in [0.1, 0.15) is 17.2 Å². The molecule has 1 saturated heterocycles. The van der Waals surface area contributed by atoms with Gasteiger partial charge in [-0.3, -0.25) is 14.4 Å². The third-order valence-corrected chi connectivity index (χ3v) is 9.83. The van der Waals surface area contributed by atoms with Crippen molar-refractivity contribution in [3.05, 3.63) is 123 Å². The molecular formula is C35H25BrN2O6. The van der Waals surface area contributed by atoms with E-state index in [0.717, 1.165) is 11.1 Å². The average Bonchev–Trinajstić information content (AvgIpc) is 3.73. The predicted octanol–water partition coefficient (Wildman–Crippen LogP) is 6.17. The molecule has 4 aliphatic heterocycles. The highest BCUT2D eigenvalue weighted by Crippen LogP contribution is 2.62. The van der Waals surface area contributed by atoms with Crippen LogP contribution in [0.2, 0.25) is 0 Å². The van der Waals surface area contributed by atoms with Crippen LogP contribution in [0.4, 0.5) is 5.69 Å². The fourth-order valence-corrected chi connectivity index (χ4v) is 7.93. The van der Waals surface area contributed by atoms with Crippen molar-refractivity contribution in [3.63, 3.8) is 0 Å². The number of nitrogens with zero attached hydrogens (tertiary/aromatic N) is 1. The Morgan fingerprint density at radius 1 is 0.932 bits per heavy atom. The summed E-state index contributed by atoms with van der Waals surface area (Å²) in [4.78, 5) is 46.3. The molecule has 0 bridgehead atoms. The van der Waals surface area contributed by atoms with Crippen LogP contribution >= 0.6 is 15.9 Å². The predicted molar refractivity (Wildman–Crippen MR) is 166 cm³/mol. The first-order valence-electron chi connectivity index (χ1n) is 14.2. The molecule has 1 N–H and O–H groups in total. The van der Waals surface area contributed by atoms with Crippen LogP contribution in [0.5, 0.6) is 17.2 Å². The normalized spacial score (nSPS) is 23.6. The molecule has 0 aromatic heterocycles. The Kier molecular flexibility index (Phi) is 5.96. The molecule has 4 heterocycles. The standard InChI is InChI=1S/C35H25BrN2O6/c1-42-26-12-10-20(16-24(26)36)32(40)30-29(31(39)21-11-13-27-28(17-21)44-18-43-27)35(23-8-4-5-9-25(23)37-34(35)41)33-22-7-3-2-6-19(22)14-15-38(30)33/h2-17,29-30,33H,18H2,1H3,(H,37,41)/t29-,30+,33+,35+/m1/s1. The van der Waals surface area contributed by atoms with Crippen LogP contribution in [0.15, 0.2) is 95.6 Å². The number of para-hydroxylation sites is 1. The monoisotopic (exact) mass is 648 g/mol. The van der Waals surface area contributed by atoms with Crippen molar-refractivity contribution in [3.8, 4) is 17.2 Å². The second-order valence-electron chi connectivity index (χ2n) is 11.2. The minimum Gasteiger partial charge on any atom is -0.496 e. The summed E-state index contributed by atoms with van der Waals surface area (Å²) in [6.45, 7) is 0.0566. The van der Waals surface area contributed by atoms with Crippen LogP contribution in [0, 0.1) is 5.92 Å². The first-order chi connectivity index (χ1) is 21.4. The van der Waals surface area contributed by atoms with Crippen molar-refractivity contribution < 1.29 is 28.6 Å². The van der Waals surface area contributed by atoms with Crippen LogP contribution in [0.25, 0.3) is 6.08 Å². The van der Waals surface area contributed by atoms with E-state index in [-0.39, 0.29) is 24.3 Å². The maximum Gasteiger partial charge on any atom is 0.238 e. The summed E-state index contributed by atoms with van der Waals surface area (Å²) in [5.74, 6) is -0.464. The molecule has 4 aromatic carbocycles. The number of carbonyl (C=O) groups is 3. The van der Waals surface area contributed by atoms with Gasteiger partial charge < -0.3 is 24.4 Å². The Balaban J connectivity index is 1.40. The smallest absolute Gasteiger partial charge is 0.238 e. The van der Waals surface area contributed by atoms with E-state index < -0.39 is 23.4 Å². The van der Waals surface area contributed by atoms with Crippen molar-refractivity contribution in [1.29, 1.82) is 0 Å². The van der Waals surface area contributed by atoms with E-state index in [0.29, 0.717) is 44.1 Å². The number of carbonyl (C=O) groups excluding carboxylic acids is 3. The zero-order valence-electron chi connectivity index (χ0n) is 23.5. The van der Waals surface area contributed by atoms with E-state index in [1.54, 1.807) is 43.5 Å². The highest BCUT2D eigenvalue weighted by molar-refractivity contribution is 9.10. The van der Waals surface area contributed by atoms with Gasteiger partial charge in [-0.25, -0.2) is 0 Å². The summed E-state index contributed by atoms with van der Waals surface area (Å²) >= 11 is 3.51. The zero-order valence-corrected chi connectivity index (χ0v) is 25.0. The zero-order chi connectivity index (χ0) is 30.2. The van der Waals surface area contributed by atoms with E-state index in [9.17, 15) is 9.59 Å². The van der Waals surface area contributed by atoms with Gasteiger partial charge in [0.15, 0.2) is 23.1 Å². The van der Waals surface area contributed by atoms with Crippen LogP contribution in [-0.4, -0.2) is 42.3 Å². The summed E-state index contributed by atoms with van der Waals surface area (Å²) in [5, 5.41) is 3.07. The van der Waals surface area contributed by atoms with E-state index in [2.05, 4.69) is 21.2 Å². The molecule has 4 aliphatic rings. The SMILES string of the molecule is COc1ccc(C(=O)[C@@H]2[C@H](C(=O)c3ccc4c(c3)OCO4)[C@]3(C(=O)Nc4ccccc43)[C@@H]3c4ccccc4C=CN23)cc1Br. The number of benzene rings is 4. The summed E-state index contributed by atoms with van der Waals surface area (Å²) in [6, 6.07) is 23.8. The average molecular weight is 649 g/mol. The number of nitrogens with one attached hydrogen (secondary N) is 1. The molecule has 0 saturated carbocycles. The maximum absolute atomic E-state index is 15.0. The molecule has 4 aromatic rings. The number of Topliss-reactive ketones (excluding diaryl/α,β-unsaturated/α-hetero) is 2. The number of fused-ring (bicyclic) bond motifs is 7. The van der Waals surface area contributed by atoms with Gasteiger partial charge in [-0.2, -0.15) is 0 Å². The molecule has 1 spiro atoms. The Hall–Kier alpha value is -4.89.